The van der Waals surface area contributed by atoms with Gasteiger partial charge in [0.1, 0.15) is 12.2 Å². The zero-order chi connectivity index (χ0) is 12.3. The van der Waals surface area contributed by atoms with Gasteiger partial charge in [-0.25, -0.2) is 9.67 Å². The molecular formula is C11H12Cl2N4. The fraction of sp³-hybridized carbons (Fsp3) is 0.273. The van der Waals surface area contributed by atoms with Gasteiger partial charge in [0, 0.05) is 6.54 Å². The normalized spacial score (nSPS) is 10.5. The second-order valence-corrected chi connectivity index (χ2v) is 4.26. The lowest BCUT2D eigenvalue weighted by Crippen LogP contribution is -2.09. The molecule has 0 aliphatic carbocycles. The predicted molar refractivity (Wildman–Crippen MR) is 69.5 cm³/mol. The van der Waals surface area contributed by atoms with Crippen LogP contribution >= 0.6 is 23.2 Å². The summed E-state index contributed by atoms with van der Waals surface area (Å²) in [7, 11) is 0. The summed E-state index contributed by atoms with van der Waals surface area (Å²) in [4.78, 5) is 4.16. The quantitative estimate of drug-likeness (QED) is 0.928. The van der Waals surface area contributed by atoms with Crippen molar-refractivity contribution in [3.05, 3.63) is 40.4 Å². The van der Waals surface area contributed by atoms with Gasteiger partial charge in [-0.2, -0.15) is 5.10 Å². The summed E-state index contributed by atoms with van der Waals surface area (Å²) >= 11 is 12.1. The van der Waals surface area contributed by atoms with Gasteiger partial charge in [0.25, 0.3) is 0 Å². The number of halogens is 2. The van der Waals surface area contributed by atoms with Crippen molar-refractivity contribution in [2.24, 2.45) is 0 Å². The Morgan fingerprint density at radius 1 is 1.29 bits per heavy atom. The van der Waals surface area contributed by atoms with Crippen molar-refractivity contribution < 1.29 is 0 Å². The highest BCUT2D eigenvalue weighted by Crippen LogP contribution is 2.29. The molecule has 2 aromatic rings. The van der Waals surface area contributed by atoms with Crippen LogP contribution in [-0.2, 0) is 13.1 Å². The Kier molecular flexibility index (Phi) is 3.86. The van der Waals surface area contributed by atoms with E-state index in [9.17, 15) is 0 Å². The van der Waals surface area contributed by atoms with Crippen LogP contribution in [-0.4, -0.2) is 14.8 Å². The Morgan fingerprint density at radius 2 is 2.00 bits per heavy atom. The lowest BCUT2D eigenvalue weighted by molar-refractivity contribution is 0.622. The van der Waals surface area contributed by atoms with Gasteiger partial charge in [-0.05, 0) is 19.1 Å². The van der Waals surface area contributed by atoms with Gasteiger partial charge >= 0.3 is 0 Å². The van der Waals surface area contributed by atoms with Crippen molar-refractivity contribution in [3.8, 4) is 0 Å². The van der Waals surface area contributed by atoms with Crippen molar-refractivity contribution in [2.75, 3.05) is 5.32 Å². The minimum atomic E-state index is 0.539. The van der Waals surface area contributed by atoms with Gasteiger partial charge in [-0.3, -0.25) is 0 Å². The molecule has 0 atom stereocenters. The number of anilines is 1. The molecule has 0 aliphatic rings. The Bertz CT molecular complexity index is 490. The van der Waals surface area contributed by atoms with Gasteiger partial charge in [-0.1, -0.05) is 29.3 Å². The number of hydrogen-bond donors (Lipinski definition) is 1. The highest BCUT2D eigenvalue weighted by Gasteiger charge is 2.07. The molecule has 0 unspecified atom stereocenters. The number of aryl methyl sites for hydroxylation is 1. The van der Waals surface area contributed by atoms with E-state index in [0.29, 0.717) is 16.6 Å². The fourth-order valence-corrected chi connectivity index (χ4v) is 2.05. The monoisotopic (exact) mass is 270 g/mol. The number of nitrogens with one attached hydrogen (secondary N) is 1. The number of hydrogen-bond acceptors (Lipinski definition) is 3. The van der Waals surface area contributed by atoms with E-state index >= 15 is 0 Å². The SMILES string of the molecule is CCn1ncnc1CNc1c(Cl)cccc1Cl. The van der Waals surface area contributed by atoms with Gasteiger partial charge in [0.2, 0.25) is 0 Å². The van der Waals surface area contributed by atoms with Gasteiger partial charge < -0.3 is 5.32 Å². The molecule has 1 heterocycles. The molecule has 0 radical (unpaired) electrons. The first-order valence-electron chi connectivity index (χ1n) is 5.27. The van der Waals surface area contributed by atoms with E-state index < -0.39 is 0 Å². The van der Waals surface area contributed by atoms with E-state index in [0.717, 1.165) is 18.1 Å². The average molecular weight is 271 g/mol. The molecule has 0 fully saturated rings. The first kappa shape index (κ1) is 12.2. The molecule has 17 heavy (non-hydrogen) atoms. The number of aromatic nitrogens is 3. The van der Waals surface area contributed by atoms with Crippen molar-refractivity contribution in [1.82, 2.24) is 14.8 Å². The van der Waals surface area contributed by atoms with E-state index in [1.54, 1.807) is 12.1 Å². The molecule has 2 rings (SSSR count). The second-order valence-electron chi connectivity index (χ2n) is 3.44. The largest absolute Gasteiger partial charge is 0.375 e. The Labute approximate surface area is 110 Å². The summed E-state index contributed by atoms with van der Waals surface area (Å²) < 4.78 is 1.82. The number of benzene rings is 1. The van der Waals surface area contributed by atoms with E-state index in [-0.39, 0.29) is 0 Å². The van der Waals surface area contributed by atoms with Crippen LogP contribution in [0.3, 0.4) is 0 Å². The van der Waals surface area contributed by atoms with Crippen LogP contribution in [0.2, 0.25) is 10.0 Å². The first-order chi connectivity index (χ1) is 8.22. The van der Waals surface area contributed by atoms with Crippen LogP contribution in [0.4, 0.5) is 5.69 Å². The van der Waals surface area contributed by atoms with Gasteiger partial charge in [-0.15, -0.1) is 0 Å². The third-order valence-corrected chi connectivity index (χ3v) is 3.01. The molecule has 90 valence electrons. The van der Waals surface area contributed by atoms with Crippen LogP contribution in [0.25, 0.3) is 0 Å². The molecule has 1 N–H and O–H groups in total. The highest BCUT2D eigenvalue weighted by molar-refractivity contribution is 6.39. The fourth-order valence-electron chi connectivity index (χ4n) is 1.52. The van der Waals surface area contributed by atoms with E-state index in [1.807, 2.05) is 17.7 Å². The van der Waals surface area contributed by atoms with Crippen LogP contribution in [0, 0.1) is 0 Å². The molecule has 1 aromatic carbocycles. The third kappa shape index (κ3) is 2.70. The lowest BCUT2D eigenvalue weighted by atomic mass is 10.3. The van der Waals surface area contributed by atoms with Crippen molar-refractivity contribution in [3.63, 3.8) is 0 Å². The summed E-state index contributed by atoms with van der Waals surface area (Å²) in [6.45, 7) is 3.34. The van der Waals surface area contributed by atoms with Crippen molar-refractivity contribution in [2.45, 2.75) is 20.0 Å². The molecular weight excluding hydrogens is 259 g/mol. The zero-order valence-electron chi connectivity index (χ0n) is 9.32. The van der Waals surface area contributed by atoms with Crippen LogP contribution < -0.4 is 5.32 Å². The summed E-state index contributed by atoms with van der Waals surface area (Å²) in [5.41, 5.74) is 0.724. The standard InChI is InChI=1S/C11H12Cl2N4/c1-2-17-10(15-7-16-17)6-14-11-8(12)4-3-5-9(11)13/h3-5,7,14H,2,6H2,1H3. The van der Waals surface area contributed by atoms with Gasteiger partial charge in [0.05, 0.1) is 22.3 Å². The van der Waals surface area contributed by atoms with E-state index in [2.05, 4.69) is 15.4 Å². The van der Waals surface area contributed by atoms with Gasteiger partial charge in [0.15, 0.2) is 0 Å². The molecule has 0 spiro atoms. The summed E-state index contributed by atoms with van der Waals surface area (Å²) in [6.07, 6.45) is 1.54. The van der Waals surface area contributed by atoms with Crippen molar-refractivity contribution in [1.29, 1.82) is 0 Å². The summed E-state index contributed by atoms with van der Waals surface area (Å²) in [5.74, 6) is 0.850. The molecule has 0 saturated carbocycles. The molecule has 0 bridgehead atoms. The Balaban J connectivity index is 2.13. The molecule has 1 aromatic heterocycles. The Hall–Kier alpha value is -1.26. The minimum Gasteiger partial charge on any atom is -0.375 e. The van der Waals surface area contributed by atoms with Crippen LogP contribution in [0.5, 0.6) is 0 Å². The third-order valence-electron chi connectivity index (χ3n) is 2.38. The van der Waals surface area contributed by atoms with E-state index in [1.165, 1.54) is 6.33 Å². The molecule has 6 heteroatoms. The molecule has 0 amide bonds. The summed E-state index contributed by atoms with van der Waals surface area (Å²) in [6, 6.07) is 5.39. The maximum atomic E-state index is 6.05. The van der Waals surface area contributed by atoms with Crippen LogP contribution in [0.1, 0.15) is 12.7 Å². The van der Waals surface area contributed by atoms with Crippen LogP contribution in [0.15, 0.2) is 24.5 Å². The highest BCUT2D eigenvalue weighted by atomic mass is 35.5. The predicted octanol–water partition coefficient (Wildman–Crippen LogP) is 3.22. The maximum Gasteiger partial charge on any atom is 0.146 e. The Morgan fingerprint density at radius 3 is 2.65 bits per heavy atom. The zero-order valence-corrected chi connectivity index (χ0v) is 10.8. The average Bonchev–Trinajstić information content (AvgIpc) is 2.76. The smallest absolute Gasteiger partial charge is 0.146 e. The molecule has 0 aliphatic heterocycles. The molecule has 0 saturated heterocycles. The van der Waals surface area contributed by atoms with E-state index in [4.69, 9.17) is 23.2 Å². The second kappa shape index (κ2) is 5.38. The number of para-hydroxylation sites is 1. The topological polar surface area (TPSA) is 42.7 Å². The molecule has 4 nitrogen and oxygen atoms in total. The summed E-state index contributed by atoms with van der Waals surface area (Å²) in [5, 5.41) is 8.46. The first-order valence-corrected chi connectivity index (χ1v) is 6.02. The lowest BCUT2D eigenvalue weighted by Gasteiger charge is -2.10. The maximum absolute atomic E-state index is 6.05. The number of rotatable bonds is 4. The number of nitrogens with zero attached hydrogens (tertiary/aromatic N) is 3. The van der Waals surface area contributed by atoms with Crippen molar-refractivity contribution >= 4 is 28.9 Å². The minimum absolute atomic E-state index is 0.539.